The lowest BCUT2D eigenvalue weighted by Gasteiger charge is -2.25. The van der Waals surface area contributed by atoms with Crippen LogP contribution < -0.4 is 15.2 Å². The molecule has 1 aromatic carbocycles. The number of benzene rings is 1. The first-order valence-electron chi connectivity index (χ1n) is 9.91. The van der Waals surface area contributed by atoms with Gasteiger partial charge in [-0.1, -0.05) is 25.3 Å². The van der Waals surface area contributed by atoms with Gasteiger partial charge in [-0.2, -0.15) is 0 Å². The van der Waals surface area contributed by atoms with Crippen molar-refractivity contribution in [1.29, 1.82) is 0 Å². The van der Waals surface area contributed by atoms with Gasteiger partial charge in [0.15, 0.2) is 18.1 Å². The molecule has 8 heteroatoms. The van der Waals surface area contributed by atoms with E-state index < -0.39 is 5.91 Å². The summed E-state index contributed by atoms with van der Waals surface area (Å²) in [5.74, 6) is 0.431. The van der Waals surface area contributed by atoms with Crippen LogP contribution in [0.1, 0.15) is 44.6 Å². The zero-order chi connectivity index (χ0) is 20.8. The highest BCUT2D eigenvalue weighted by Crippen LogP contribution is 2.36. The number of carbonyl (C=O) groups is 3. The monoisotopic (exact) mass is 418 g/mol. The lowest BCUT2D eigenvalue weighted by Crippen LogP contribution is -2.34. The highest BCUT2D eigenvalue weighted by atomic mass is 32.2. The van der Waals surface area contributed by atoms with E-state index in [1.165, 1.54) is 24.2 Å². The second-order valence-corrected chi connectivity index (χ2v) is 8.18. The zero-order valence-corrected chi connectivity index (χ0v) is 17.3. The Labute approximate surface area is 174 Å². The van der Waals surface area contributed by atoms with Crippen molar-refractivity contribution in [2.75, 3.05) is 19.8 Å². The van der Waals surface area contributed by atoms with Crippen LogP contribution in [0.4, 0.5) is 4.79 Å². The minimum atomic E-state index is -0.580. The number of imide groups is 1. The molecule has 2 aliphatic rings. The van der Waals surface area contributed by atoms with Gasteiger partial charge in [0.25, 0.3) is 17.1 Å². The number of carbonyl (C=O) groups excluding carboxylic acids is 3. The van der Waals surface area contributed by atoms with Crippen molar-refractivity contribution >= 4 is 34.9 Å². The molecule has 156 valence electrons. The van der Waals surface area contributed by atoms with Crippen LogP contribution in [0.5, 0.6) is 11.5 Å². The van der Waals surface area contributed by atoms with Gasteiger partial charge in [0, 0.05) is 6.54 Å². The SMILES string of the molecule is CCOc1cc(/C=C2/SC(=O)N(CC3CCCCC3)C2=O)ccc1OCC(N)=O. The van der Waals surface area contributed by atoms with E-state index in [1.807, 2.05) is 6.92 Å². The summed E-state index contributed by atoms with van der Waals surface area (Å²) in [5, 5.41) is -0.210. The maximum atomic E-state index is 12.8. The van der Waals surface area contributed by atoms with Gasteiger partial charge < -0.3 is 15.2 Å². The molecule has 0 aromatic heterocycles. The number of hydrogen-bond donors (Lipinski definition) is 1. The minimum Gasteiger partial charge on any atom is -0.490 e. The summed E-state index contributed by atoms with van der Waals surface area (Å²) in [6, 6.07) is 5.12. The number of hydrogen-bond acceptors (Lipinski definition) is 6. The summed E-state index contributed by atoms with van der Waals surface area (Å²) >= 11 is 0.968. The normalized spacial score (nSPS) is 19.1. The van der Waals surface area contributed by atoms with Gasteiger partial charge >= 0.3 is 0 Å². The van der Waals surface area contributed by atoms with Crippen molar-refractivity contribution in [2.45, 2.75) is 39.0 Å². The first kappa shape index (κ1) is 21.2. The Bertz CT molecular complexity index is 817. The van der Waals surface area contributed by atoms with Gasteiger partial charge in [-0.3, -0.25) is 19.3 Å². The molecule has 2 fully saturated rings. The van der Waals surface area contributed by atoms with Crippen molar-refractivity contribution in [3.8, 4) is 11.5 Å². The molecule has 7 nitrogen and oxygen atoms in total. The molecule has 3 amide bonds. The average Bonchev–Trinajstić information content (AvgIpc) is 2.96. The van der Waals surface area contributed by atoms with E-state index in [0.717, 1.165) is 24.6 Å². The number of nitrogens with zero attached hydrogens (tertiary/aromatic N) is 1. The molecule has 1 saturated heterocycles. The Morgan fingerprint density at radius 1 is 1.21 bits per heavy atom. The molecule has 0 bridgehead atoms. The van der Waals surface area contributed by atoms with Crippen LogP contribution in [0, 0.1) is 5.92 Å². The molecule has 0 radical (unpaired) electrons. The molecule has 0 unspecified atom stereocenters. The van der Waals surface area contributed by atoms with Crippen molar-refractivity contribution in [3.05, 3.63) is 28.7 Å². The molecule has 0 atom stereocenters. The van der Waals surface area contributed by atoms with E-state index in [1.54, 1.807) is 24.3 Å². The van der Waals surface area contributed by atoms with E-state index in [2.05, 4.69) is 0 Å². The molecular formula is C21H26N2O5S. The Morgan fingerprint density at radius 2 is 1.97 bits per heavy atom. The summed E-state index contributed by atoms with van der Waals surface area (Å²) in [7, 11) is 0. The van der Waals surface area contributed by atoms with Crippen LogP contribution in [-0.2, 0) is 9.59 Å². The summed E-state index contributed by atoms with van der Waals surface area (Å²) < 4.78 is 10.9. The first-order chi connectivity index (χ1) is 14.0. The molecule has 1 aliphatic carbocycles. The number of primary amides is 1. The topological polar surface area (TPSA) is 98.9 Å². The third-order valence-electron chi connectivity index (χ3n) is 4.97. The van der Waals surface area contributed by atoms with Crippen molar-refractivity contribution in [1.82, 2.24) is 4.90 Å². The van der Waals surface area contributed by atoms with Gasteiger partial charge in [0.2, 0.25) is 0 Å². The van der Waals surface area contributed by atoms with Crippen LogP contribution >= 0.6 is 11.8 Å². The van der Waals surface area contributed by atoms with Gasteiger partial charge in [-0.25, -0.2) is 0 Å². The van der Waals surface area contributed by atoms with Crippen LogP contribution in [0.15, 0.2) is 23.1 Å². The maximum absolute atomic E-state index is 12.8. The Morgan fingerprint density at radius 3 is 2.66 bits per heavy atom. The Kier molecular flexibility index (Phi) is 7.19. The first-order valence-corrected chi connectivity index (χ1v) is 10.7. The predicted molar refractivity (Wildman–Crippen MR) is 112 cm³/mol. The standard InChI is InChI=1S/C21H26N2O5S/c1-2-27-17-10-15(8-9-16(17)28-13-19(22)24)11-18-20(25)23(21(26)29-18)12-14-6-4-3-5-7-14/h8-11,14H,2-7,12-13H2,1H3,(H2,22,24)/b18-11+. The number of amides is 3. The van der Waals surface area contributed by atoms with E-state index >= 15 is 0 Å². The highest BCUT2D eigenvalue weighted by Gasteiger charge is 2.36. The summed E-state index contributed by atoms with van der Waals surface area (Å²) in [6.07, 6.45) is 7.41. The third-order valence-corrected chi connectivity index (χ3v) is 5.88. The summed E-state index contributed by atoms with van der Waals surface area (Å²) in [5.41, 5.74) is 5.83. The molecule has 1 aliphatic heterocycles. The molecule has 1 heterocycles. The van der Waals surface area contributed by atoms with Crippen LogP contribution in [0.2, 0.25) is 0 Å². The van der Waals surface area contributed by atoms with Crippen LogP contribution in [0.3, 0.4) is 0 Å². The minimum absolute atomic E-state index is 0.210. The third kappa shape index (κ3) is 5.53. The van der Waals surface area contributed by atoms with Crippen molar-refractivity contribution in [2.24, 2.45) is 11.7 Å². The molecule has 1 saturated carbocycles. The lowest BCUT2D eigenvalue weighted by atomic mass is 9.89. The number of thioether (sulfide) groups is 1. The molecule has 0 spiro atoms. The number of rotatable bonds is 8. The summed E-state index contributed by atoms with van der Waals surface area (Å²) in [6.45, 7) is 2.50. The van der Waals surface area contributed by atoms with E-state index in [0.29, 0.717) is 41.0 Å². The van der Waals surface area contributed by atoms with Crippen molar-refractivity contribution in [3.63, 3.8) is 0 Å². The summed E-state index contributed by atoms with van der Waals surface area (Å²) in [4.78, 5) is 37.9. The van der Waals surface area contributed by atoms with E-state index in [4.69, 9.17) is 15.2 Å². The Balaban J connectivity index is 1.74. The second-order valence-electron chi connectivity index (χ2n) is 7.19. The molecule has 3 rings (SSSR count). The fraction of sp³-hybridized carbons (Fsp3) is 0.476. The van der Waals surface area contributed by atoms with Gasteiger partial charge in [-0.15, -0.1) is 0 Å². The highest BCUT2D eigenvalue weighted by molar-refractivity contribution is 8.18. The smallest absolute Gasteiger partial charge is 0.293 e. The largest absolute Gasteiger partial charge is 0.490 e. The second kappa shape index (κ2) is 9.82. The number of ether oxygens (including phenoxy) is 2. The van der Waals surface area contributed by atoms with Crippen LogP contribution in [-0.4, -0.2) is 41.7 Å². The van der Waals surface area contributed by atoms with Gasteiger partial charge in [0.1, 0.15) is 0 Å². The molecule has 2 N–H and O–H groups in total. The quantitative estimate of drug-likeness (QED) is 0.648. The van der Waals surface area contributed by atoms with E-state index in [-0.39, 0.29) is 17.8 Å². The predicted octanol–water partition coefficient (Wildman–Crippen LogP) is 3.57. The fourth-order valence-electron chi connectivity index (χ4n) is 3.59. The Hall–Kier alpha value is -2.48. The average molecular weight is 419 g/mol. The lowest BCUT2D eigenvalue weighted by molar-refractivity contribution is -0.123. The van der Waals surface area contributed by atoms with Crippen molar-refractivity contribution < 1.29 is 23.9 Å². The van der Waals surface area contributed by atoms with Crippen LogP contribution in [0.25, 0.3) is 6.08 Å². The van der Waals surface area contributed by atoms with Gasteiger partial charge in [-0.05, 0) is 61.2 Å². The molecule has 29 heavy (non-hydrogen) atoms. The molecular weight excluding hydrogens is 392 g/mol. The number of nitrogens with two attached hydrogens (primary N) is 1. The fourth-order valence-corrected chi connectivity index (χ4v) is 4.44. The zero-order valence-electron chi connectivity index (χ0n) is 16.5. The van der Waals surface area contributed by atoms with E-state index in [9.17, 15) is 14.4 Å². The molecule has 1 aromatic rings. The maximum Gasteiger partial charge on any atom is 0.293 e. The van der Waals surface area contributed by atoms with Gasteiger partial charge in [0.05, 0.1) is 11.5 Å².